The molecule has 1 fully saturated rings. The van der Waals surface area contributed by atoms with Crippen LogP contribution < -0.4 is 5.32 Å². The van der Waals surface area contributed by atoms with Gasteiger partial charge in [-0.05, 0) is 5.56 Å². The largest absolute Gasteiger partial charge is 0.433 e. The number of ether oxygens (including phenoxy) is 1. The molecule has 0 aromatic heterocycles. The lowest BCUT2D eigenvalue weighted by molar-refractivity contribution is 0.150. The van der Waals surface area contributed by atoms with Crippen LogP contribution in [-0.2, 0) is 4.74 Å². The predicted octanol–water partition coefficient (Wildman–Crippen LogP) is 2.90. The van der Waals surface area contributed by atoms with Crippen LogP contribution in [-0.4, -0.2) is 18.1 Å². The quantitative estimate of drug-likeness (QED) is 0.693. The van der Waals surface area contributed by atoms with Gasteiger partial charge in [-0.3, -0.25) is 5.32 Å². The molecule has 21 heavy (non-hydrogen) atoms. The van der Waals surface area contributed by atoms with Gasteiger partial charge in [-0.15, -0.1) is 5.10 Å². The van der Waals surface area contributed by atoms with E-state index in [9.17, 15) is 4.79 Å². The number of carbonyl (C=O) groups excluding carboxylic acids is 1. The third-order valence-corrected chi connectivity index (χ3v) is 2.98. The number of cyclic esters (lactones) is 1. The van der Waals surface area contributed by atoms with Gasteiger partial charge in [-0.1, -0.05) is 60.7 Å². The Kier molecular flexibility index (Phi) is 3.73. The van der Waals surface area contributed by atoms with Gasteiger partial charge >= 0.3 is 6.09 Å². The fraction of sp³-hybridized carbons (Fsp3) is 0.0625. The Morgan fingerprint density at radius 3 is 2.38 bits per heavy atom. The molecule has 1 saturated heterocycles. The standard InChI is InChI=1S/C16H13N3O2/c20-16-18-15(14(21-16)13-9-5-2-6-10-13)19-17-11-12-7-3-1-4-8-12/h1-11,14H,(H,18,19,20). The smallest absolute Gasteiger partial charge is 0.413 e. The Morgan fingerprint density at radius 1 is 1.00 bits per heavy atom. The van der Waals surface area contributed by atoms with Crippen LogP contribution in [0.4, 0.5) is 4.79 Å². The van der Waals surface area contributed by atoms with Gasteiger partial charge < -0.3 is 4.74 Å². The fourth-order valence-electron chi connectivity index (χ4n) is 1.99. The van der Waals surface area contributed by atoms with E-state index in [-0.39, 0.29) is 0 Å². The molecular weight excluding hydrogens is 266 g/mol. The van der Waals surface area contributed by atoms with Crippen LogP contribution >= 0.6 is 0 Å². The third-order valence-electron chi connectivity index (χ3n) is 2.98. The summed E-state index contributed by atoms with van der Waals surface area (Å²) in [5, 5.41) is 10.6. The zero-order chi connectivity index (χ0) is 14.5. The zero-order valence-electron chi connectivity index (χ0n) is 11.1. The van der Waals surface area contributed by atoms with E-state index in [0.29, 0.717) is 5.84 Å². The second-order valence-corrected chi connectivity index (χ2v) is 4.46. The van der Waals surface area contributed by atoms with Crippen LogP contribution in [0.15, 0.2) is 70.9 Å². The van der Waals surface area contributed by atoms with Crippen LogP contribution in [0.25, 0.3) is 0 Å². The van der Waals surface area contributed by atoms with Gasteiger partial charge in [0.1, 0.15) is 0 Å². The van der Waals surface area contributed by atoms with Crippen molar-refractivity contribution in [2.24, 2.45) is 10.2 Å². The lowest BCUT2D eigenvalue weighted by Gasteiger charge is -2.07. The van der Waals surface area contributed by atoms with E-state index in [2.05, 4.69) is 15.5 Å². The first-order valence-electron chi connectivity index (χ1n) is 6.51. The summed E-state index contributed by atoms with van der Waals surface area (Å²) in [7, 11) is 0. The van der Waals surface area contributed by atoms with E-state index in [1.165, 1.54) is 0 Å². The number of carbonyl (C=O) groups is 1. The molecule has 0 saturated carbocycles. The average Bonchev–Trinajstić information content (AvgIpc) is 2.90. The summed E-state index contributed by atoms with van der Waals surface area (Å²) in [6.45, 7) is 0. The molecule has 5 nitrogen and oxygen atoms in total. The van der Waals surface area contributed by atoms with E-state index in [0.717, 1.165) is 11.1 Å². The number of benzene rings is 2. The van der Waals surface area contributed by atoms with Gasteiger partial charge in [-0.2, -0.15) is 5.10 Å². The molecule has 0 spiro atoms. The first-order valence-corrected chi connectivity index (χ1v) is 6.51. The van der Waals surface area contributed by atoms with Crippen LogP contribution in [0.3, 0.4) is 0 Å². The Bertz CT molecular complexity index is 681. The van der Waals surface area contributed by atoms with Crippen LogP contribution in [0.1, 0.15) is 17.2 Å². The molecule has 5 heteroatoms. The van der Waals surface area contributed by atoms with E-state index in [4.69, 9.17) is 4.74 Å². The number of hydrogen-bond donors (Lipinski definition) is 1. The Labute approximate surface area is 122 Å². The van der Waals surface area contributed by atoms with E-state index >= 15 is 0 Å². The second kappa shape index (κ2) is 6.00. The summed E-state index contributed by atoms with van der Waals surface area (Å²) in [6, 6.07) is 19.0. The minimum atomic E-state index is -0.536. The Hall–Kier alpha value is -2.95. The molecule has 104 valence electrons. The maximum Gasteiger partial charge on any atom is 0.413 e. The van der Waals surface area contributed by atoms with Gasteiger partial charge in [0.05, 0.1) is 6.21 Å². The Balaban J connectivity index is 1.81. The normalized spacial score (nSPS) is 19.7. The van der Waals surface area contributed by atoms with E-state index < -0.39 is 12.2 Å². The molecule has 1 atom stereocenters. The molecule has 2 aromatic rings. The number of hydrogen-bond acceptors (Lipinski definition) is 4. The van der Waals surface area contributed by atoms with E-state index in [1.54, 1.807) is 6.21 Å². The fourth-order valence-corrected chi connectivity index (χ4v) is 1.99. The van der Waals surface area contributed by atoms with Gasteiger partial charge in [0, 0.05) is 5.56 Å². The summed E-state index contributed by atoms with van der Waals surface area (Å²) in [6.07, 6.45) is 0.573. The van der Waals surface area contributed by atoms with Crippen molar-refractivity contribution in [2.45, 2.75) is 6.10 Å². The van der Waals surface area contributed by atoms with Gasteiger partial charge in [0.2, 0.25) is 0 Å². The van der Waals surface area contributed by atoms with Gasteiger partial charge in [-0.25, -0.2) is 4.79 Å². The minimum absolute atomic E-state index is 0.387. The molecule has 1 aliphatic heterocycles. The summed E-state index contributed by atoms with van der Waals surface area (Å²) in [4.78, 5) is 11.4. The average molecular weight is 279 g/mol. The monoisotopic (exact) mass is 279 g/mol. The minimum Gasteiger partial charge on any atom is -0.433 e. The first kappa shape index (κ1) is 13.1. The van der Waals surface area contributed by atoms with Crippen LogP contribution in [0.2, 0.25) is 0 Å². The van der Waals surface area contributed by atoms with Crippen LogP contribution in [0.5, 0.6) is 0 Å². The molecule has 1 aliphatic rings. The summed E-state index contributed by atoms with van der Waals surface area (Å²) < 4.78 is 5.21. The zero-order valence-corrected chi connectivity index (χ0v) is 11.1. The van der Waals surface area contributed by atoms with Crippen molar-refractivity contribution in [1.29, 1.82) is 0 Å². The molecule has 0 radical (unpaired) electrons. The lowest BCUT2D eigenvalue weighted by Crippen LogP contribution is -2.21. The van der Waals surface area contributed by atoms with Gasteiger partial charge in [0.25, 0.3) is 0 Å². The number of alkyl carbamates (subject to hydrolysis) is 1. The van der Waals surface area contributed by atoms with Crippen molar-refractivity contribution >= 4 is 18.1 Å². The predicted molar refractivity (Wildman–Crippen MR) is 80.3 cm³/mol. The Morgan fingerprint density at radius 2 is 1.67 bits per heavy atom. The van der Waals surface area contributed by atoms with Gasteiger partial charge in [0.15, 0.2) is 11.9 Å². The maximum absolute atomic E-state index is 11.4. The highest BCUT2D eigenvalue weighted by molar-refractivity contribution is 6.03. The van der Waals surface area contributed by atoms with E-state index in [1.807, 2.05) is 60.7 Å². The first-order chi connectivity index (χ1) is 10.3. The number of nitrogens with one attached hydrogen (secondary N) is 1. The molecule has 1 amide bonds. The lowest BCUT2D eigenvalue weighted by atomic mass is 10.1. The van der Waals surface area contributed by atoms with Crippen molar-refractivity contribution in [3.05, 3.63) is 71.8 Å². The number of amides is 1. The maximum atomic E-state index is 11.4. The number of amidine groups is 1. The highest BCUT2D eigenvalue weighted by atomic mass is 16.6. The van der Waals surface area contributed by atoms with Crippen molar-refractivity contribution in [1.82, 2.24) is 5.32 Å². The molecule has 1 N–H and O–H groups in total. The summed E-state index contributed by atoms with van der Waals surface area (Å²) >= 11 is 0. The number of rotatable bonds is 3. The van der Waals surface area contributed by atoms with Crippen molar-refractivity contribution in [3.63, 3.8) is 0 Å². The third kappa shape index (κ3) is 3.14. The molecule has 1 heterocycles. The second-order valence-electron chi connectivity index (χ2n) is 4.46. The molecule has 0 aliphatic carbocycles. The highest BCUT2D eigenvalue weighted by Gasteiger charge is 2.31. The summed E-state index contributed by atoms with van der Waals surface area (Å²) in [5.41, 5.74) is 1.79. The summed E-state index contributed by atoms with van der Waals surface area (Å²) in [5.74, 6) is 0.387. The van der Waals surface area contributed by atoms with Crippen molar-refractivity contribution in [3.8, 4) is 0 Å². The number of nitrogens with zero attached hydrogens (tertiary/aromatic N) is 2. The van der Waals surface area contributed by atoms with Crippen molar-refractivity contribution in [2.75, 3.05) is 0 Å². The molecule has 2 aromatic carbocycles. The molecular formula is C16H13N3O2. The topological polar surface area (TPSA) is 63.0 Å². The van der Waals surface area contributed by atoms with Crippen LogP contribution in [0, 0.1) is 0 Å². The SMILES string of the molecule is O=C1NC(=NN=Cc2ccccc2)C(c2ccccc2)O1. The highest BCUT2D eigenvalue weighted by Crippen LogP contribution is 2.22. The molecule has 1 unspecified atom stereocenters. The van der Waals surface area contributed by atoms with Crippen molar-refractivity contribution < 1.29 is 9.53 Å². The molecule has 3 rings (SSSR count). The molecule has 0 bridgehead atoms.